The number of aromatic carboxylic acids is 1. The maximum atomic E-state index is 15.3. The number of aromatic nitrogens is 1. The largest absolute Gasteiger partial charge is 0.545 e. The lowest BCUT2D eigenvalue weighted by Gasteiger charge is -2.44. The maximum absolute atomic E-state index is 15.3. The van der Waals surface area contributed by atoms with Gasteiger partial charge in [-0.2, -0.15) is 0 Å². The van der Waals surface area contributed by atoms with Gasteiger partial charge in [0.05, 0.1) is 32.4 Å². The molecule has 1 amide bonds. The summed E-state index contributed by atoms with van der Waals surface area (Å²) in [6.07, 6.45) is 2.99. The fourth-order valence-corrected chi connectivity index (χ4v) is 7.58. The molecule has 1 aromatic heterocycles. The van der Waals surface area contributed by atoms with Crippen LogP contribution in [0.5, 0.6) is 11.5 Å². The Morgan fingerprint density at radius 2 is 1.73 bits per heavy atom. The van der Waals surface area contributed by atoms with Crippen molar-refractivity contribution in [2.45, 2.75) is 37.8 Å². The van der Waals surface area contributed by atoms with Crippen molar-refractivity contribution in [3.8, 4) is 11.5 Å². The van der Waals surface area contributed by atoms with Crippen molar-refractivity contribution in [2.24, 2.45) is 5.92 Å². The normalized spacial score (nSPS) is 18.6. The number of amides is 1. The van der Waals surface area contributed by atoms with Crippen molar-refractivity contribution < 1.29 is 47.6 Å². The number of hydrogen-bond donors (Lipinski definition) is 1. The van der Waals surface area contributed by atoms with Crippen molar-refractivity contribution in [2.75, 3.05) is 38.8 Å². The summed E-state index contributed by atoms with van der Waals surface area (Å²) >= 11 is 13.1. The minimum atomic E-state index is -1.48. The fourth-order valence-electron chi connectivity index (χ4n) is 6.97. The Bertz CT molecular complexity index is 1930. The van der Waals surface area contributed by atoms with Crippen LogP contribution in [0, 0.1) is 17.6 Å². The number of carboxylic acid groups (broad SMARTS) is 1. The first-order chi connectivity index (χ1) is 24.5. The lowest BCUT2D eigenvalue weighted by atomic mass is 9.82. The topological polar surface area (TPSA) is 115 Å². The predicted octanol–water partition coefficient (Wildman–Crippen LogP) is 5.79. The van der Waals surface area contributed by atoms with Gasteiger partial charge in [-0.15, -0.1) is 0 Å². The summed E-state index contributed by atoms with van der Waals surface area (Å²) in [6, 6.07) is 13.0. The molecule has 3 aliphatic rings. The second kappa shape index (κ2) is 15.3. The zero-order valence-electron chi connectivity index (χ0n) is 27.8. The minimum absolute atomic E-state index is 0.0432. The molecule has 2 bridgehead atoms. The van der Waals surface area contributed by atoms with E-state index >= 15 is 4.39 Å². The third-order valence-electron chi connectivity index (χ3n) is 9.63. The number of pyridine rings is 1. The first-order valence-corrected chi connectivity index (χ1v) is 17.0. The van der Waals surface area contributed by atoms with Gasteiger partial charge in [0.2, 0.25) is 12.4 Å². The van der Waals surface area contributed by atoms with Crippen molar-refractivity contribution in [1.82, 2.24) is 4.90 Å². The van der Waals surface area contributed by atoms with E-state index in [0.29, 0.717) is 39.5 Å². The number of anilines is 1. The summed E-state index contributed by atoms with van der Waals surface area (Å²) in [5, 5.41) is 22.8. The number of hydrogen-bond acceptors (Lipinski definition) is 8. The van der Waals surface area contributed by atoms with Crippen LogP contribution >= 0.6 is 23.2 Å². The molecule has 3 fully saturated rings. The average Bonchev–Trinajstić information content (AvgIpc) is 3.11. The van der Waals surface area contributed by atoms with Gasteiger partial charge in [-0.05, 0) is 79.2 Å². The van der Waals surface area contributed by atoms with Gasteiger partial charge in [0, 0.05) is 28.3 Å². The van der Waals surface area contributed by atoms with Crippen molar-refractivity contribution in [1.29, 1.82) is 0 Å². The summed E-state index contributed by atoms with van der Waals surface area (Å²) in [6.45, 7) is 2.08. The van der Waals surface area contributed by atoms with E-state index in [1.54, 1.807) is 24.3 Å². The highest BCUT2D eigenvalue weighted by atomic mass is 35.5. The van der Waals surface area contributed by atoms with E-state index < -0.39 is 35.7 Å². The fraction of sp³-hybridized carbons (Fsp3) is 0.324. The quantitative estimate of drug-likeness (QED) is 0.152. The molecule has 3 aliphatic heterocycles. The molecule has 51 heavy (non-hydrogen) atoms. The zero-order valence-corrected chi connectivity index (χ0v) is 29.3. The lowest BCUT2D eigenvalue weighted by Crippen LogP contribution is -2.53. The van der Waals surface area contributed by atoms with Crippen molar-refractivity contribution >= 4 is 41.0 Å². The van der Waals surface area contributed by atoms with E-state index in [1.807, 2.05) is 0 Å². The first-order valence-electron chi connectivity index (χ1n) is 16.3. The SMILES string of the molecule is COc1ccc([C@H](Cc2c(Cl)c[n+](O)cc2Cl)c2cc(CN(C(=O)O[C@H]3CN4CCC3CC4)c3cccc(F)c3F)ccc2C(=O)[O-])cc1OC. The number of piperidine rings is 3. The predicted molar refractivity (Wildman–Crippen MR) is 182 cm³/mol. The molecule has 7 rings (SSSR count). The van der Waals surface area contributed by atoms with Crippen molar-refractivity contribution in [3.63, 3.8) is 0 Å². The Morgan fingerprint density at radius 3 is 2.35 bits per heavy atom. The number of nitrogens with zero attached hydrogens (tertiary/aromatic N) is 3. The molecule has 1 N–H and O–H groups in total. The second-order valence-electron chi connectivity index (χ2n) is 12.6. The number of halogens is 4. The van der Waals surface area contributed by atoms with Crippen LogP contribution in [0.2, 0.25) is 10.0 Å². The van der Waals surface area contributed by atoms with Gasteiger partial charge in [-0.1, -0.05) is 53.5 Å². The van der Waals surface area contributed by atoms with Gasteiger partial charge in [0.1, 0.15) is 16.1 Å². The van der Waals surface area contributed by atoms with Gasteiger partial charge >= 0.3 is 6.09 Å². The third-order valence-corrected chi connectivity index (χ3v) is 10.3. The number of fused-ring (bicyclic) bond motifs is 3. The zero-order chi connectivity index (χ0) is 36.4. The highest BCUT2D eigenvalue weighted by Gasteiger charge is 2.38. The standard InChI is InChI=1S/C37H35Cl2F2N3O7/c1-49-32-9-7-23(15-33(32)50-2)25(16-27-28(38)18-43(48)19-29(27)39)26-14-21(6-8-24(26)36(45)46)17-44(31-5-3-4-30(40)35(31)41)37(47)51-34-20-42-12-10-22(34)11-13-42/h3-9,14-15,18-19,22,25,34H,10-13,16-17,20H2,1-2H3,(H-,45,46,48)/t25-,34-/m0/s1. The summed E-state index contributed by atoms with van der Waals surface area (Å²) in [5.41, 5.74) is 1.12. The van der Waals surface area contributed by atoms with E-state index in [9.17, 15) is 24.3 Å². The molecule has 0 aliphatic carbocycles. The Hall–Kier alpha value is -4.65. The molecule has 10 nitrogen and oxygen atoms in total. The van der Waals surface area contributed by atoms with Crippen molar-refractivity contribution in [3.05, 3.63) is 116 Å². The summed E-state index contributed by atoms with van der Waals surface area (Å²) < 4.78 is 47.5. The Labute approximate surface area is 303 Å². The van der Waals surface area contributed by atoms with Crippen LogP contribution in [-0.4, -0.2) is 62.1 Å². The smallest absolute Gasteiger partial charge is 0.415 e. The Kier molecular flexibility index (Phi) is 10.8. The molecular formula is C37H35Cl2F2N3O7. The van der Waals surface area contributed by atoms with Gasteiger partial charge < -0.3 is 24.1 Å². The van der Waals surface area contributed by atoms with E-state index in [0.717, 1.165) is 36.9 Å². The van der Waals surface area contributed by atoms with Crippen LogP contribution in [-0.2, 0) is 17.7 Å². The molecule has 3 saturated heterocycles. The number of carbonyl (C=O) groups is 2. The third kappa shape index (κ3) is 7.68. The summed E-state index contributed by atoms with van der Waals surface area (Å²) in [7, 11) is 2.94. The number of benzene rings is 3. The Balaban J connectivity index is 1.44. The number of carbonyl (C=O) groups excluding carboxylic acids is 2. The monoisotopic (exact) mass is 741 g/mol. The Morgan fingerprint density at radius 1 is 1.02 bits per heavy atom. The molecule has 4 aromatic rings. The molecule has 0 spiro atoms. The molecule has 0 saturated carbocycles. The number of carboxylic acids is 1. The molecule has 4 heterocycles. The number of ether oxygens (including phenoxy) is 3. The number of rotatable bonds is 11. The van der Waals surface area contributed by atoms with Crippen LogP contribution in [0.15, 0.2) is 67.0 Å². The van der Waals surface area contributed by atoms with Crippen LogP contribution in [0.25, 0.3) is 0 Å². The van der Waals surface area contributed by atoms with Crippen LogP contribution in [0.1, 0.15) is 51.4 Å². The summed E-state index contributed by atoms with van der Waals surface area (Å²) in [5.74, 6) is -3.67. The van der Waals surface area contributed by atoms with Gasteiger partial charge in [0.25, 0.3) is 0 Å². The van der Waals surface area contributed by atoms with E-state index in [4.69, 9.17) is 37.4 Å². The molecular weight excluding hydrogens is 707 g/mol. The molecule has 0 radical (unpaired) electrons. The molecule has 268 valence electrons. The van der Waals surface area contributed by atoms with E-state index in [1.165, 1.54) is 50.9 Å². The van der Waals surface area contributed by atoms with Gasteiger partial charge in [-0.25, -0.2) is 13.6 Å². The first kappa shape index (κ1) is 36.2. The van der Waals surface area contributed by atoms with E-state index in [2.05, 4.69) is 4.90 Å². The molecule has 0 unspecified atom stereocenters. The molecule has 2 atom stereocenters. The molecule has 14 heteroatoms. The lowest BCUT2D eigenvalue weighted by molar-refractivity contribution is -0.904. The van der Waals surface area contributed by atoms with Crippen LogP contribution in [0.4, 0.5) is 19.3 Å². The summed E-state index contributed by atoms with van der Waals surface area (Å²) in [4.78, 5) is 29.7. The maximum Gasteiger partial charge on any atom is 0.415 e. The average molecular weight is 743 g/mol. The number of methoxy groups -OCH3 is 2. The highest BCUT2D eigenvalue weighted by molar-refractivity contribution is 6.35. The molecule has 3 aromatic carbocycles. The van der Waals surface area contributed by atoms with Gasteiger partial charge in [-0.3, -0.25) is 15.0 Å². The van der Waals surface area contributed by atoms with Gasteiger partial charge in [0.15, 0.2) is 23.1 Å². The van der Waals surface area contributed by atoms with E-state index in [-0.39, 0.29) is 45.7 Å². The second-order valence-corrected chi connectivity index (χ2v) is 13.4. The minimum Gasteiger partial charge on any atom is -0.545 e. The van der Waals surface area contributed by atoms with Crippen LogP contribution in [0.3, 0.4) is 0 Å². The highest BCUT2D eigenvalue weighted by Crippen LogP contribution is 2.39. The van der Waals surface area contributed by atoms with Crippen LogP contribution < -0.4 is 24.2 Å².